The Morgan fingerprint density at radius 1 is 1.10 bits per heavy atom. The predicted molar refractivity (Wildman–Crippen MR) is 116 cm³/mol. The lowest BCUT2D eigenvalue weighted by atomic mass is 10.1. The molecule has 0 saturated carbocycles. The Labute approximate surface area is 171 Å². The first-order valence-corrected chi connectivity index (χ1v) is 10.4. The minimum absolute atomic E-state index is 0.220. The van der Waals surface area contributed by atoms with Gasteiger partial charge < -0.3 is 25.2 Å². The smallest absolute Gasteiger partial charge is 0.204 e. The number of aromatic nitrogens is 3. The van der Waals surface area contributed by atoms with Crippen molar-refractivity contribution in [2.24, 2.45) is 0 Å². The van der Waals surface area contributed by atoms with E-state index in [9.17, 15) is 5.11 Å². The van der Waals surface area contributed by atoms with Crippen LogP contribution in [0.2, 0.25) is 0 Å². The maximum atomic E-state index is 10.3. The van der Waals surface area contributed by atoms with E-state index in [4.69, 9.17) is 4.98 Å². The van der Waals surface area contributed by atoms with Crippen molar-refractivity contribution < 1.29 is 5.11 Å². The quantitative estimate of drug-likeness (QED) is 0.572. The van der Waals surface area contributed by atoms with Crippen LogP contribution in [0.4, 0.5) is 5.95 Å². The maximum Gasteiger partial charge on any atom is 0.204 e. The number of pyridine rings is 1. The second kappa shape index (κ2) is 8.80. The van der Waals surface area contributed by atoms with Crippen molar-refractivity contribution in [2.75, 3.05) is 38.5 Å². The number of aryl methyl sites for hydroxylation is 1. The highest BCUT2D eigenvalue weighted by Gasteiger charge is 2.21. The molecule has 1 saturated heterocycles. The van der Waals surface area contributed by atoms with Crippen LogP contribution in [0.15, 0.2) is 36.4 Å². The first kappa shape index (κ1) is 19.7. The lowest BCUT2D eigenvalue weighted by Gasteiger charge is -2.32. The number of likely N-dealkylation sites (N-methyl/N-ethyl adjacent to an activating group) is 1. The number of hydrogen-bond acceptors (Lipinski definition) is 6. The summed E-state index contributed by atoms with van der Waals surface area (Å²) in [4.78, 5) is 11.9. The molecule has 3 N–H and O–H groups in total. The molecular weight excluding hydrogens is 364 g/mol. The van der Waals surface area contributed by atoms with Gasteiger partial charge in [-0.25, -0.2) is 4.98 Å². The summed E-state index contributed by atoms with van der Waals surface area (Å²) < 4.78 is 2.13. The van der Waals surface area contributed by atoms with Gasteiger partial charge in [0, 0.05) is 37.9 Å². The van der Waals surface area contributed by atoms with Crippen LogP contribution >= 0.6 is 0 Å². The van der Waals surface area contributed by atoms with Gasteiger partial charge in [0.25, 0.3) is 0 Å². The third-order valence-electron chi connectivity index (χ3n) is 5.65. The zero-order chi connectivity index (χ0) is 20.2. The third kappa shape index (κ3) is 4.52. The second-order valence-electron chi connectivity index (χ2n) is 7.79. The molecule has 0 unspecified atom stereocenters. The Hall–Kier alpha value is -2.64. The number of rotatable bonds is 7. The van der Waals surface area contributed by atoms with E-state index in [1.165, 1.54) is 0 Å². The van der Waals surface area contributed by atoms with E-state index in [0.29, 0.717) is 18.3 Å². The lowest BCUT2D eigenvalue weighted by Crippen LogP contribution is -2.41. The van der Waals surface area contributed by atoms with Crippen LogP contribution in [0, 0.1) is 6.92 Å². The summed E-state index contributed by atoms with van der Waals surface area (Å²) >= 11 is 0. The highest BCUT2D eigenvalue weighted by molar-refractivity contribution is 5.78. The number of likely N-dealkylation sites (tertiary alicyclic amines) is 1. The molecule has 1 aromatic carbocycles. The fourth-order valence-electron chi connectivity index (χ4n) is 3.97. The van der Waals surface area contributed by atoms with E-state index in [1.54, 1.807) is 6.07 Å². The third-order valence-corrected chi connectivity index (χ3v) is 5.65. The van der Waals surface area contributed by atoms with Crippen molar-refractivity contribution >= 4 is 17.0 Å². The SMILES string of the molecule is CNCCN1CCC(Nc2nc3ccccc3n2Cc2nc(C)ccc2O)CC1. The van der Waals surface area contributed by atoms with E-state index in [2.05, 4.69) is 31.2 Å². The molecule has 0 atom stereocenters. The number of anilines is 1. The van der Waals surface area contributed by atoms with Crippen molar-refractivity contribution in [3.8, 4) is 5.75 Å². The van der Waals surface area contributed by atoms with Crippen LogP contribution in [-0.4, -0.2) is 63.8 Å². The average Bonchev–Trinajstić information content (AvgIpc) is 3.07. The molecule has 0 radical (unpaired) electrons. The Morgan fingerprint density at radius 3 is 2.69 bits per heavy atom. The number of para-hydroxylation sites is 2. The van der Waals surface area contributed by atoms with Crippen LogP contribution in [0.3, 0.4) is 0 Å². The fraction of sp³-hybridized carbons (Fsp3) is 0.455. The van der Waals surface area contributed by atoms with Crippen LogP contribution in [0.5, 0.6) is 5.75 Å². The number of nitrogens with one attached hydrogen (secondary N) is 2. The van der Waals surface area contributed by atoms with Gasteiger partial charge in [-0.2, -0.15) is 0 Å². The maximum absolute atomic E-state index is 10.3. The van der Waals surface area contributed by atoms with Crippen LogP contribution in [0.25, 0.3) is 11.0 Å². The monoisotopic (exact) mass is 394 g/mol. The Bertz CT molecular complexity index is 961. The molecule has 3 heterocycles. The number of nitrogens with zero attached hydrogens (tertiary/aromatic N) is 4. The molecule has 3 aromatic rings. The molecule has 7 heteroatoms. The van der Waals surface area contributed by atoms with E-state index in [0.717, 1.165) is 61.7 Å². The lowest BCUT2D eigenvalue weighted by molar-refractivity contribution is 0.220. The highest BCUT2D eigenvalue weighted by Crippen LogP contribution is 2.25. The van der Waals surface area contributed by atoms with Crippen LogP contribution < -0.4 is 10.6 Å². The highest BCUT2D eigenvalue weighted by atomic mass is 16.3. The van der Waals surface area contributed by atoms with Gasteiger partial charge in [-0.05, 0) is 51.1 Å². The van der Waals surface area contributed by atoms with Crippen molar-refractivity contribution in [3.05, 3.63) is 47.8 Å². The predicted octanol–water partition coefficient (Wildman–Crippen LogP) is 2.59. The molecule has 4 rings (SSSR count). The van der Waals surface area contributed by atoms with Gasteiger partial charge >= 0.3 is 0 Å². The normalized spacial score (nSPS) is 15.8. The van der Waals surface area contributed by atoms with Gasteiger partial charge in [0.15, 0.2) is 0 Å². The molecule has 7 nitrogen and oxygen atoms in total. The minimum atomic E-state index is 0.220. The first-order chi connectivity index (χ1) is 14.1. The standard InChI is InChI=1S/C22H30N6O/c1-16-7-8-21(29)19(24-16)15-28-20-6-4-3-5-18(20)26-22(28)25-17-9-12-27(13-10-17)14-11-23-2/h3-8,17,23,29H,9-15H2,1-2H3,(H,25,26). The Morgan fingerprint density at radius 2 is 1.90 bits per heavy atom. The number of benzene rings is 1. The summed E-state index contributed by atoms with van der Waals surface area (Å²) in [6.07, 6.45) is 2.20. The number of fused-ring (bicyclic) bond motifs is 1. The van der Waals surface area contributed by atoms with Crippen molar-refractivity contribution in [1.82, 2.24) is 24.8 Å². The topological polar surface area (TPSA) is 78.2 Å². The van der Waals surface area contributed by atoms with Gasteiger partial charge in [0.2, 0.25) is 5.95 Å². The summed E-state index contributed by atoms with van der Waals surface area (Å²) in [5, 5.41) is 17.2. The zero-order valence-corrected chi connectivity index (χ0v) is 17.2. The molecule has 0 bridgehead atoms. The molecule has 2 aromatic heterocycles. The zero-order valence-electron chi connectivity index (χ0n) is 17.2. The van der Waals surface area contributed by atoms with E-state index >= 15 is 0 Å². The average molecular weight is 395 g/mol. The number of aromatic hydroxyl groups is 1. The molecule has 29 heavy (non-hydrogen) atoms. The summed E-state index contributed by atoms with van der Waals surface area (Å²) in [6, 6.07) is 12.1. The Kier molecular flexibility index (Phi) is 5.97. The number of piperidine rings is 1. The minimum Gasteiger partial charge on any atom is -0.506 e. The summed E-state index contributed by atoms with van der Waals surface area (Å²) in [6.45, 7) is 6.74. The molecule has 0 aliphatic carbocycles. The fourth-order valence-corrected chi connectivity index (χ4v) is 3.97. The molecule has 1 aliphatic rings. The molecule has 1 aliphatic heterocycles. The largest absolute Gasteiger partial charge is 0.506 e. The van der Waals surface area contributed by atoms with Crippen LogP contribution in [-0.2, 0) is 6.54 Å². The Balaban J connectivity index is 1.55. The first-order valence-electron chi connectivity index (χ1n) is 10.4. The molecule has 0 amide bonds. The molecule has 1 fully saturated rings. The van der Waals surface area contributed by atoms with Gasteiger partial charge in [-0.15, -0.1) is 0 Å². The van der Waals surface area contributed by atoms with Crippen molar-refractivity contribution in [1.29, 1.82) is 0 Å². The van der Waals surface area contributed by atoms with E-state index in [1.807, 2.05) is 38.2 Å². The summed E-state index contributed by atoms with van der Waals surface area (Å²) in [5.41, 5.74) is 3.56. The van der Waals surface area contributed by atoms with Gasteiger partial charge in [-0.1, -0.05) is 12.1 Å². The molecular formula is C22H30N6O. The molecule has 154 valence electrons. The summed E-state index contributed by atoms with van der Waals surface area (Å²) in [5.74, 6) is 1.07. The van der Waals surface area contributed by atoms with E-state index < -0.39 is 0 Å². The van der Waals surface area contributed by atoms with Crippen LogP contribution in [0.1, 0.15) is 24.2 Å². The van der Waals surface area contributed by atoms with Crippen molar-refractivity contribution in [3.63, 3.8) is 0 Å². The molecule has 0 spiro atoms. The van der Waals surface area contributed by atoms with Gasteiger partial charge in [0.1, 0.15) is 11.4 Å². The second-order valence-corrected chi connectivity index (χ2v) is 7.79. The number of hydrogen-bond donors (Lipinski definition) is 3. The van der Waals surface area contributed by atoms with Gasteiger partial charge in [-0.3, -0.25) is 4.98 Å². The summed E-state index contributed by atoms with van der Waals surface area (Å²) in [7, 11) is 2.00. The number of imidazole rings is 1. The van der Waals surface area contributed by atoms with Gasteiger partial charge in [0.05, 0.1) is 17.6 Å². The van der Waals surface area contributed by atoms with Crippen molar-refractivity contribution in [2.45, 2.75) is 32.4 Å². The van der Waals surface area contributed by atoms with E-state index in [-0.39, 0.29) is 5.75 Å².